The van der Waals surface area contributed by atoms with E-state index >= 15 is 0 Å². The molecule has 5 heteroatoms. The summed E-state index contributed by atoms with van der Waals surface area (Å²) in [5, 5.41) is 11.9. The number of fused-ring (bicyclic) bond motifs is 1. The number of aromatic carboxylic acids is 1. The Hall–Kier alpha value is -1.69. The van der Waals surface area contributed by atoms with E-state index in [0.29, 0.717) is 12.1 Å². The van der Waals surface area contributed by atoms with Crippen LogP contribution in [-0.4, -0.2) is 22.6 Å². The van der Waals surface area contributed by atoms with Crippen LogP contribution < -0.4 is 5.84 Å². The molecule has 1 heterocycles. The normalized spacial score (nSPS) is 16.1. The Kier molecular flexibility index (Phi) is 6.23. The van der Waals surface area contributed by atoms with E-state index in [1.54, 1.807) is 11.3 Å². The van der Waals surface area contributed by atoms with E-state index in [1.165, 1.54) is 4.88 Å². The molecule has 0 amide bonds. The first kappa shape index (κ1) is 22.0. The summed E-state index contributed by atoms with van der Waals surface area (Å²) in [5.41, 5.74) is 4.02. The molecular formula is C24H34N2O2S. The standard InChI is InChI=1S/C24H34N2O2S/c1-23(2,3)12-13-26(25)15-16-8-6-7-9-17(16)21-20(22(27)28)18-14-24(4,5)11-10-19(18)29-21/h6-9H,10-15,25H2,1-5H3,(H,27,28). The Bertz CT molecular complexity index is 893. The molecule has 1 aromatic carbocycles. The third kappa shape index (κ3) is 5.27. The maximum Gasteiger partial charge on any atom is 0.337 e. The molecule has 29 heavy (non-hydrogen) atoms. The number of hydrazine groups is 1. The molecule has 0 aliphatic heterocycles. The zero-order valence-electron chi connectivity index (χ0n) is 18.3. The third-order valence-electron chi connectivity index (χ3n) is 5.77. The van der Waals surface area contributed by atoms with Gasteiger partial charge in [-0.05, 0) is 53.2 Å². The number of carbonyl (C=O) groups is 1. The Morgan fingerprint density at radius 1 is 1.28 bits per heavy atom. The minimum Gasteiger partial charge on any atom is -0.478 e. The topological polar surface area (TPSA) is 66.6 Å². The van der Waals surface area contributed by atoms with E-state index in [0.717, 1.165) is 53.8 Å². The van der Waals surface area contributed by atoms with Gasteiger partial charge in [0.15, 0.2) is 0 Å². The monoisotopic (exact) mass is 414 g/mol. The average molecular weight is 415 g/mol. The highest BCUT2D eigenvalue weighted by Gasteiger charge is 2.33. The number of hydrogen-bond donors (Lipinski definition) is 2. The van der Waals surface area contributed by atoms with Gasteiger partial charge in [-0.15, -0.1) is 11.3 Å². The number of nitrogens with two attached hydrogens (primary N) is 1. The number of hydrogen-bond acceptors (Lipinski definition) is 4. The van der Waals surface area contributed by atoms with Gasteiger partial charge < -0.3 is 5.11 Å². The second-order valence-electron chi connectivity index (χ2n) is 10.3. The molecular weight excluding hydrogens is 380 g/mol. The number of thiophene rings is 1. The number of carboxylic acids is 1. The second-order valence-corrected chi connectivity index (χ2v) is 11.4. The zero-order valence-corrected chi connectivity index (χ0v) is 19.2. The fourth-order valence-corrected chi connectivity index (χ4v) is 5.36. The van der Waals surface area contributed by atoms with Crippen molar-refractivity contribution < 1.29 is 9.90 Å². The van der Waals surface area contributed by atoms with Crippen LogP contribution in [-0.2, 0) is 19.4 Å². The van der Waals surface area contributed by atoms with Gasteiger partial charge in [-0.2, -0.15) is 0 Å². The predicted octanol–water partition coefficient (Wildman–Crippen LogP) is 5.74. The van der Waals surface area contributed by atoms with E-state index in [-0.39, 0.29) is 10.8 Å². The fraction of sp³-hybridized carbons (Fsp3) is 0.542. The number of nitrogens with zero attached hydrogens (tertiary/aromatic N) is 1. The summed E-state index contributed by atoms with van der Waals surface area (Å²) in [7, 11) is 0. The minimum absolute atomic E-state index is 0.149. The summed E-state index contributed by atoms with van der Waals surface area (Å²) >= 11 is 1.66. The lowest BCUT2D eigenvalue weighted by Crippen LogP contribution is -2.33. The van der Waals surface area contributed by atoms with Gasteiger partial charge in [0.1, 0.15) is 0 Å². The fourth-order valence-electron chi connectivity index (χ4n) is 3.99. The van der Waals surface area contributed by atoms with E-state index < -0.39 is 5.97 Å². The molecule has 0 saturated heterocycles. The van der Waals surface area contributed by atoms with Crippen molar-refractivity contribution in [3.8, 4) is 10.4 Å². The van der Waals surface area contributed by atoms with Gasteiger partial charge in [-0.1, -0.05) is 58.9 Å². The maximum atomic E-state index is 12.3. The van der Waals surface area contributed by atoms with Crippen LogP contribution in [0.2, 0.25) is 0 Å². The van der Waals surface area contributed by atoms with Crippen LogP contribution >= 0.6 is 11.3 Å². The van der Waals surface area contributed by atoms with Crippen LogP contribution in [0.4, 0.5) is 0 Å². The molecule has 3 N–H and O–H groups in total. The summed E-state index contributed by atoms with van der Waals surface area (Å²) in [6.45, 7) is 12.5. The van der Waals surface area contributed by atoms with Crippen LogP contribution in [0.25, 0.3) is 10.4 Å². The molecule has 158 valence electrons. The average Bonchev–Trinajstić information content (AvgIpc) is 2.97. The van der Waals surface area contributed by atoms with Gasteiger partial charge in [0.05, 0.1) is 5.56 Å². The number of rotatable bonds is 6. The lowest BCUT2D eigenvalue weighted by Gasteiger charge is -2.29. The Morgan fingerprint density at radius 3 is 2.62 bits per heavy atom. The van der Waals surface area contributed by atoms with Gasteiger partial charge in [0.25, 0.3) is 0 Å². The van der Waals surface area contributed by atoms with E-state index in [2.05, 4.69) is 40.7 Å². The largest absolute Gasteiger partial charge is 0.478 e. The van der Waals surface area contributed by atoms with Crippen molar-refractivity contribution in [2.75, 3.05) is 6.54 Å². The van der Waals surface area contributed by atoms with Crippen molar-refractivity contribution in [3.05, 3.63) is 45.8 Å². The number of carboxylic acid groups (broad SMARTS) is 1. The van der Waals surface area contributed by atoms with Crippen molar-refractivity contribution in [2.24, 2.45) is 16.7 Å². The van der Waals surface area contributed by atoms with Crippen LogP contribution in [0.5, 0.6) is 0 Å². The van der Waals surface area contributed by atoms with Crippen molar-refractivity contribution in [1.29, 1.82) is 0 Å². The highest BCUT2D eigenvalue weighted by Crippen LogP contribution is 2.45. The van der Waals surface area contributed by atoms with Crippen molar-refractivity contribution in [3.63, 3.8) is 0 Å². The maximum absolute atomic E-state index is 12.3. The molecule has 1 aromatic heterocycles. The van der Waals surface area contributed by atoms with E-state index in [9.17, 15) is 9.90 Å². The molecule has 0 atom stereocenters. The van der Waals surface area contributed by atoms with Gasteiger partial charge in [0.2, 0.25) is 0 Å². The summed E-state index contributed by atoms with van der Waals surface area (Å²) in [5.74, 6) is 5.49. The van der Waals surface area contributed by atoms with Crippen molar-refractivity contribution in [2.45, 2.75) is 66.8 Å². The first-order valence-electron chi connectivity index (χ1n) is 10.4. The second kappa shape index (κ2) is 8.21. The Morgan fingerprint density at radius 2 is 1.97 bits per heavy atom. The SMILES string of the molecule is CC(C)(C)CCN(N)Cc1ccccc1-c1sc2c(c1C(=O)O)CC(C)(C)CC2. The number of benzene rings is 1. The van der Waals surface area contributed by atoms with Crippen molar-refractivity contribution in [1.82, 2.24) is 5.01 Å². The molecule has 2 aromatic rings. The molecule has 0 spiro atoms. The quantitative estimate of drug-likeness (QED) is 0.467. The van der Waals surface area contributed by atoms with Crippen LogP contribution in [0.15, 0.2) is 24.3 Å². The zero-order chi connectivity index (χ0) is 21.4. The van der Waals surface area contributed by atoms with E-state index in [1.807, 2.05) is 23.2 Å². The van der Waals surface area contributed by atoms with Gasteiger partial charge in [-0.25, -0.2) is 9.80 Å². The molecule has 0 radical (unpaired) electrons. The Balaban J connectivity index is 1.96. The molecule has 1 aliphatic carbocycles. The highest BCUT2D eigenvalue weighted by molar-refractivity contribution is 7.16. The molecule has 0 fully saturated rings. The summed E-state index contributed by atoms with van der Waals surface area (Å²) in [6.07, 6.45) is 3.90. The summed E-state index contributed by atoms with van der Waals surface area (Å²) < 4.78 is 0. The van der Waals surface area contributed by atoms with Gasteiger partial charge >= 0.3 is 5.97 Å². The van der Waals surface area contributed by atoms with Crippen LogP contribution in [0.1, 0.15) is 73.8 Å². The molecule has 0 bridgehead atoms. The number of aryl methyl sites for hydroxylation is 1. The molecule has 0 saturated carbocycles. The molecule has 0 unspecified atom stereocenters. The van der Waals surface area contributed by atoms with Gasteiger partial charge in [0, 0.05) is 22.8 Å². The molecule has 3 rings (SSSR count). The predicted molar refractivity (Wildman–Crippen MR) is 121 cm³/mol. The third-order valence-corrected chi connectivity index (χ3v) is 7.10. The smallest absolute Gasteiger partial charge is 0.337 e. The first-order chi connectivity index (χ1) is 13.5. The van der Waals surface area contributed by atoms with Crippen LogP contribution in [0.3, 0.4) is 0 Å². The van der Waals surface area contributed by atoms with Crippen molar-refractivity contribution >= 4 is 17.3 Å². The molecule has 4 nitrogen and oxygen atoms in total. The van der Waals surface area contributed by atoms with E-state index in [4.69, 9.17) is 5.84 Å². The lowest BCUT2D eigenvalue weighted by atomic mass is 9.76. The molecule has 1 aliphatic rings. The summed E-state index contributed by atoms with van der Waals surface area (Å²) in [4.78, 5) is 14.4. The Labute approximate surface area is 178 Å². The first-order valence-corrected chi connectivity index (χ1v) is 11.2. The highest BCUT2D eigenvalue weighted by atomic mass is 32.1. The lowest BCUT2D eigenvalue weighted by molar-refractivity contribution is 0.0696. The minimum atomic E-state index is -0.817. The summed E-state index contributed by atoms with van der Waals surface area (Å²) in [6, 6.07) is 8.11. The van der Waals surface area contributed by atoms with Crippen LogP contribution in [0, 0.1) is 10.8 Å². The van der Waals surface area contributed by atoms with Gasteiger partial charge in [-0.3, -0.25) is 5.84 Å².